The standard InChI is InChI=1S/C22H31N3O3S/c1-16(2)28-19-10-8-18(9-11-19)25-21(23)24-14-15-29(26,27)20-12-6-17(7-13-20)22(3,4)5/h6-13,16H,14-15H2,1-5H3,(H3,23,24,25). The summed E-state index contributed by atoms with van der Waals surface area (Å²) in [7, 11) is -3.42. The quantitative estimate of drug-likeness (QED) is 0.525. The van der Waals surface area contributed by atoms with Crippen LogP contribution in [0.25, 0.3) is 0 Å². The molecule has 0 aromatic heterocycles. The smallest absolute Gasteiger partial charge is 0.193 e. The molecule has 0 bridgehead atoms. The van der Waals surface area contributed by atoms with Gasteiger partial charge < -0.3 is 15.8 Å². The first kappa shape index (κ1) is 22.7. The second-order valence-electron chi connectivity index (χ2n) is 8.18. The molecule has 2 aromatic carbocycles. The van der Waals surface area contributed by atoms with Crippen LogP contribution in [0.5, 0.6) is 5.75 Å². The highest BCUT2D eigenvalue weighted by molar-refractivity contribution is 7.91. The van der Waals surface area contributed by atoms with Gasteiger partial charge in [0.15, 0.2) is 15.8 Å². The van der Waals surface area contributed by atoms with Crippen molar-refractivity contribution in [2.75, 3.05) is 17.6 Å². The van der Waals surface area contributed by atoms with Gasteiger partial charge in [-0.2, -0.15) is 0 Å². The van der Waals surface area contributed by atoms with Crippen molar-refractivity contribution in [1.29, 1.82) is 0 Å². The second kappa shape index (κ2) is 9.31. The summed E-state index contributed by atoms with van der Waals surface area (Å²) < 4.78 is 30.6. The summed E-state index contributed by atoms with van der Waals surface area (Å²) in [4.78, 5) is 4.43. The van der Waals surface area contributed by atoms with Gasteiger partial charge in [-0.25, -0.2) is 8.42 Å². The molecule has 0 aliphatic rings. The lowest BCUT2D eigenvalue weighted by molar-refractivity contribution is 0.242. The highest BCUT2D eigenvalue weighted by Gasteiger charge is 2.17. The van der Waals surface area contributed by atoms with Gasteiger partial charge in [0, 0.05) is 5.69 Å². The number of benzene rings is 2. The molecular weight excluding hydrogens is 386 g/mol. The van der Waals surface area contributed by atoms with Crippen LogP contribution in [0.15, 0.2) is 58.4 Å². The lowest BCUT2D eigenvalue weighted by atomic mass is 9.87. The number of guanidine groups is 1. The maximum atomic E-state index is 12.5. The number of ether oxygens (including phenoxy) is 1. The van der Waals surface area contributed by atoms with E-state index in [2.05, 4.69) is 31.1 Å². The third-order valence-corrected chi connectivity index (χ3v) is 5.93. The third kappa shape index (κ3) is 7.09. The Morgan fingerprint density at radius 1 is 1.07 bits per heavy atom. The number of anilines is 1. The number of nitrogens with two attached hydrogens (primary N) is 1. The normalized spacial score (nSPS) is 12.8. The highest BCUT2D eigenvalue weighted by atomic mass is 32.2. The summed E-state index contributed by atoms with van der Waals surface area (Å²) in [5, 5.41) is 2.95. The van der Waals surface area contributed by atoms with E-state index in [0.29, 0.717) is 4.90 Å². The first-order chi connectivity index (χ1) is 13.5. The monoisotopic (exact) mass is 417 g/mol. The predicted octanol–water partition coefficient (Wildman–Crippen LogP) is 3.97. The van der Waals surface area contributed by atoms with Gasteiger partial charge in [-0.15, -0.1) is 0 Å². The zero-order valence-electron chi connectivity index (χ0n) is 17.8. The van der Waals surface area contributed by atoms with Gasteiger partial charge in [0.2, 0.25) is 0 Å². The minimum absolute atomic E-state index is 0.0220. The summed E-state index contributed by atoms with van der Waals surface area (Å²) in [5.41, 5.74) is 7.69. The minimum atomic E-state index is -3.42. The average molecular weight is 418 g/mol. The minimum Gasteiger partial charge on any atom is -0.491 e. The highest BCUT2D eigenvalue weighted by Crippen LogP contribution is 2.23. The molecule has 0 aliphatic heterocycles. The van der Waals surface area contributed by atoms with Crippen molar-refractivity contribution in [3.8, 4) is 5.75 Å². The molecule has 0 heterocycles. The number of aliphatic imine (C=N–C) groups is 1. The van der Waals surface area contributed by atoms with E-state index in [4.69, 9.17) is 10.5 Å². The number of nitrogens with zero attached hydrogens (tertiary/aromatic N) is 1. The molecule has 0 unspecified atom stereocenters. The summed E-state index contributed by atoms with van der Waals surface area (Å²) in [6, 6.07) is 14.4. The molecule has 158 valence electrons. The SMILES string of the molecule is CC(C)Oc1ccc(NC(N)=NCCS(=O)(=O)c2ccc(C(C)(C)C)cc2)cc1. The van der Waals surface area contributed by atoms with E-state index in [1.807, 2.05) is 50.2 Å². The number of rotatable bonds is 7. The van der Waals surface area contributed by atoms with Crippen molar-refractivity contribution < 1.29 is 13.2 Å². The van der Waals surface area contributed by atoms with E-state index in [9.17, 15) is 8.42 Å². The molecule has 0 atom stereocenters. The van der Waals surface area contributed by atoms with E-state index in [0.717, 1.165) is 17.0 Å². The predicted molar refractivity (Wildman–Crippen MR) is 120 cm³/mol. The molecule has 2 rings (SSSR count). The Morgan fingerprint density at radius 2 is 1.66 bits per heavy atom. The van der Waals surface area contributed by atoms with Crippen LogP contribution in [0.4, 0.5) is 5.69 Å². The fourth-order valence-corrected chi connectivity index (χ4v) is 3.76. The fraction of sp³-hybridized carbons (Fsp3) is 0.409. The summed E-state index contributed by atoms with van der Waals surface area (Å²) in [6.07, 6.45) is 0.104. The third-order valence-electron chi connectivity index (χ3n) is 4.22. The molecule has 0 saturated carbocycles. The van der Waals surface area contributed by atoms with Crippen molar-refractivity contribution in [2.45, 2.75) is 51.0 Å². The Hall–Kier alpha value is -2.54. The molecule has 0 radical (unpaired) electrons. The van der Waals surface area contributed by atoms with Crippen LogP contribution in [0.3, 0.4) is 0 Å². The van der Waals surface area contributed by atoms with E-state index >= 15 is 0 Å². The van der Waals surface area contributed by atoms with Crippen molar-refractivity contribution in [2.24, 2.45) is 10.7 Å². The van der Waals surface area contributed by atoms with Gasteiger partial charge in [0.05, 0.1) is 23.3 Å². The van der Waals surface area contributed by atoms with E-state index in [1.54, 1.807) is 12.1 Å². The molecule has 7 heteroatoms. The maximum absolute atomic E-state index is 12.5. The first-order valence-electron chi connectivity index (χ1n) is 9.64. The molecule has 3 N–H and O–H groups in total. The van der Waals surface area contributed by atoms with E-state index in [-0.39, 0.29) is 29.8 Å². The topological polar surface area (TPSA) is 93.8 Å². The molecule has 0 saturated heterocycles. The Kier molecular flexibility index (Phi) is 7.30. The van der Waals surface area contributed by atoms with Crippen LogP contribution in [0.1, 0.15) is 40.2 Å². The van der Waals surface area contributed by atoms with E-state index in [1.165, 1.54) is 0 Å². The average Bonchev–Trinajstić information content (AvgIpc) is 2.62. The van der Waals surface area contributed by atoms with Crippen LogP contribution in [-0.4, -0.2) is 32.8 Å². The van der Waals surface area contributed by atoms with Gasteiger partial charge >= 0.3 is 0 Å². The van der Waals surface area contributed by atoms with Crippen LogP contribution in [0.2, 0.25) is 0 Å². The molecule has 0 amide bonds. The lowest BCUT2D eigenvalue weighted by Gasteiger charge is -2.19. The van der Waals surface area contributed by atoms with Gasteiger partial charge in [0.25, 0.3) is 0 Å². The number of hydrogen-bond acceptors (Lipinski definition) is 4. The zero-order valence-corrected chi connectivity index (χ0v) is 18.6. The van der Waals surface area contributed by atoms with Gasteiger partial charge in [-0.05, 0) is 61.2 Å². The van der Waals surface area contributed by atoms with Crippen molar-refractivity contribution in [3.05, 3.63) is 54.1 Å². The van der Waals surface area contributed by atoms with Crippen LogP contribution in [0, 0.1) is 0 Å². The Morgan fingerprint density at radius 3 is 2.17 bits per heavy atom. The fourth-order valence-electron chi connectivity index (χ4n) is 2.64. The van der Waals surface area contributed by atoms with Crippen LogP contribution < -0.4 is 15.8 Å². The summed E-state index contributed by atoms with van der Waals surface area (Å²) in [6.45, 7) is 10.3. The second-order valence-corrected chi connectivity index (χ2v) is 10.3. The summed E-state index contributed by atoms with van der Waals surface area (Å²) in [5.74, 6) is 0.830. The maximum Gasteiger partial charge on any atom is 0.193 e. The Bertz CT molecular complexity index is 927. The van der Waals surface area contributed by atoms with Gasteiger partial charge in [0.1, 0.15) is 5.75 Å². The molecule has 6 nitrogen and oxygen atoms in total. The molecule has 0 aliphatic carbocycles. The lowest BCUT2D eigenvalue weighted by Crippen LogP contribution is -2.24. The van der Waals surface area contributed by atoms with Crippen LogP contribution >= 0.6 is 0 Å². The van der Waals surface area contributed by atoms with Gasteiger partial charge in [-0.3, -0.25) is 4.99 Å². The molecule has 0 spiro atoms. The molecule has 0 fully saturated rings. The number of hydrogen-bond donors (Lipinski definition) is 2. The van der Waals surface area contributed by atoms with Crippen molar-refractivity contribution in [3.63, 3.8) is 0 Å². The van der Waals surface area contributed by atoms with Gasteiger partial charge in [-0.1, -0.05) is 32.9 Å². The molecule has 2 aromatic rings. The van der Waals surface area contributed by atoms with E-state index < -0.39 is 9.84 Å². The van der Waals surface area contributed by atoms with Crippen molar-refractivity contribution in [1.82, 2.24) is 0 Å². The summed E-state index contributed by atoms with van der Waals surface area (Å²) >= 11 is 0. The number of nitrogens with one attached hydrogen (secondary N) is 1. The Balaban J connectivity index is 1.93. The Labute approximate surface area is 174 Å². The zero-order chi connectivity index (χ0) is 21.7. The van der Waals surface area contributed by atoms with Crippen LogP contribution in [-0.2, 0) is 15.3 Å². The largest absolute Gasteiger partial charge is 0.491 e. The van der Waals surface area contributed by atoms with Crippen molar-refractivity contribution >= 4 is 21.5 Å². The first-order valence-corrected chi connectivity index (χ1v) is 11.3. The number of sulfone groups is 1. The molecule has 29 heavy (non-hydrogen) atoms. The molecular formula is C22H31N3O3S.